The highest BCUT2D eigenvalue weighted by Gasteiger charge is 2.50. The summed E-state index contributed by atoms with van der Waals surface area (Å²) in [5.74, 6) is 1.54. The highest BCUT2D eigenvalue weighted by Crippen LogP contribution is 2.41. The van der Waals surface area contributed by atoms with E-state index in [0.29, 0.717) is 19.4 Å². The Bertz CT molecular complexity index is 232. The van der Waals surface area contributed by atoms with Crippen molar-refractivity contribution in [2.24, 2.45) is 5.41 Å². The fourth-order valence-corrected chi connectivity index (χ4v) is 3.00. The van der Waals surface area contributed by atoms with Crippen LogP contribution in [0.25, 0.3) is 0 Å². The number of hydrogen-bond acceptors (Lipinski definition) is 4. The maximum atomic E-state index is 11.8. The van der Waals surface area contributed by atoms with Gasteiger partial charge < -0.3 is 9.84 Å². The van der Waals surface area contributed by atoms with Crippen molar-refractivity contribution < 1.29 is 14.6 Å². The number of rotatable bonds is 3. The molecule has 1 N–H and O–H groups in total. The zero-order valence-corrected chi connectivity index (χ0v) is 10.5. The lowest BCUT2D eigenvalue weighted by molar-refractivity contribution is -0.172. The molecular formula is C11H20O3S. The number of esters is 1. The molecule has 0 saturated carbocycles. The predicted octanol–water partition coefficient (Wildman–Crippen LogP) is 1.83. The Kier molecular flexibility index (Phi) is 4.06. The summed E-state index contributed by atoms with van der Waals surface area (Å²) < 4.78 is 5.02. The van der Waals surface area contributed by atoms with Crippen LogP contribution >= 0.6 is 11.8 Å². The number of hydrogen-bond donors (Lipinski definition) is 1. The third-order valence-corrected chi connectivity index (χ3v) is 4.25. The Morgan fingerprint density at radius 2 is 2.00 bits per heavy atom. The van der Waals surface area contributed by atoms with E-state index in [1.54, 1.807) is 20.8 Å². The molecule has 1 heterocycles. The van der Waals surface area contributed by atoms with Crippen LogP contribution in [0.3, 0.4) is 0 Å². The van der Waals surface area contributed by atoms with Crippen molar-refractivity contribution in [2.45, 2.75) is 39.2 Å². The average molecular weight is 232 g/mol. The third kappa shape index (κ3) is 2.48. The van der Waals surface area contributed by atoms with Crippen molar-refractivity contribution in [3.05, 3.63) is 0 Å². The van der Waals surface area contributed by atoms with Gasteiger partial charge in [0.15, 0.2) is 0 Å². The van der Waals surface area contributed by atoms with Crippen LogP contribution in [-0.4, -0.2) is 34.8 Å². The first kappa shape index (κ1) is 12.8. The minimum absolute atomic E-state index is 0.292. The van der Waals surface area contributed by atoms with Crippen LogP contribution in [0.5, 0.6) is 0 Å². The van der Waals surface area contributed by atoms with E-state index in [9.17, 15) is 9.90 Å². The quantitative estimate of drug-likeness (QED) is 0.754. The number of aliphatic hydroxyl groups is 1. The molecule has 0 spiro atoms. The van der Waals surface area contributed by atoms with Crippen molar-refractivity contribution in [1.29, 1.82) is 0 Å². The van der Waals surface area contributed by atoms with E-state index in [1.165, 1.54) is 0 Å². The molecule has 1 saturated heterocycles. The molecule has 0 aliphatic carbocycles. The normalized spacial score (nSPS) is 21.1. The first-order valence-corrected chi connectivity index (χ1v) is 6.57. The van der Waals surface area contributed by atoms with Gasteiger partial charge in [0.1, 0.15) is 0 Å². The number of thioether (sulfide) groups is 1. The summed E-state index contributed by atoms with van der Waals surface area (Å²) in [5.41, 5.74) is -1.70. The molecular weight excluding hydrogens is 212 g/mol. The standard InChI is InChI=1S/C11H20O3S/c1-4-14-9(12)10(2,3)11(13)5-7-15-8-6-11/h13H,4-8H2,1-3H3. The van der Waals surface area contributed by atoms with Crippen LogP contribution in [0.2, 0.25) is 0 Å². The summed E-state index contributed by atoms with van der Waals surface area (Å²) in [5, 5.41) is 10.5. The molecule has 0 radical (unpaired) electrons. The van der Waals surface area contributed by atoms with Crippen LogP contribution < -0.4 is 0 Å². The fraction of sp³-hybridized carbons (Fsp3) is 0.909. The van der Waals surface area contributed by atoms with Gasteiger partial charge in [-0.3, -0.25) is 4.79 Å². The van der Waals surface area contributed by atoms with E-state index >= 15 is 0 Å². The SMILES string of the molecule is CCOC(=O)C(C)(C)C1(O)CCSCC1. The second-order valence-electron chi connectivity index (χ2n) is 4.49. The van der Waals surface area contributed by atoms with Gasteiger partial charge in [0.05, 0.1) is 17.6 Å². The van der Waals surface area contributed by atoms with Crippen LogP contribution in [0.15, 0.2) is 0 Å². The highest BCUT2D eigenvalue weighted by molar-refractivity contribution is 7.99. The van der Waals surface area contributed by atoms with Crippen molar-refractivity contribution in [1.82, 2.24) is 0 Å². The Morgan fingerprint density at radius 3 is 2.47 bits per heavy atom. The Balaban J connectivity index is 2.77. The second kappa shape index (κ2) is 4.74. The first-order chi connectivity index (χ1) is 6.94. The van der Waals surface area contributed by atoms with Gasteiger partial charge in [0.25, 0.3) is 0 Å². The molecule has 4 heteroatoms. The molecule has 0 atom stereocenters. The molecule has 1 aliphatic heterocycles. The number of ether oxygens (including phenoxy) is 1. The summed E-state index contributed by atoms with van der Waals surface area (Å²) in [6.45, 7) is 5.71. The maximum absolute atomic E-state index is 11.8. The summed E-state index contributed by atoms with van der Waals surface area (Å²) in [4.78, 5) is 11.8. The third-order valence-electron chi connectivity index (χ3n) is 3.27. The number of carbonyl (C=O) groups is 1. The molecule has 0 aromatic rings. The van der Waals surface area contributed by atoms with Crippen LogP contribution in [0.4, 0.5) is 0 Å². The molecule has 1 aliphatic rings. The summed E-state index contributed by atoms with van der Waals surface area (Å²) in [6.07, 6.45) is 1.34. The van der Waals surface area contributed by atoms with Gasteiger partial charge in [-0.2, -0.15) is 11.8 Å². The number of carbonyl (C=O) groups excluding carboxylic acids is 1. The van der Waals surface area contributed by atoms with Crippen LogP contribution in [-0.2, 0) is 9.53 Å². The maximum Gasteiger partial charge on any atom is 0.314 e. The van der Waals surface area contributed by atoms with Crippen molar-refractivity contribution in [3.8, 4) is 0 Å². The molecule has 15 heavy (non-hydrogen) atoms. The largest absolute Gasteiger partial charge is 0.465 e. The molecule has 88 valence electrons. The van der Waals surface area contributed by atoms with E-state index in [4.69, 9.17) is 4.74 Å². The molecule has 0 bridgehead atoms. The van der Waals surface area contributed by atoms with Gasteiger partial charge in [0, 0.05) is 0 Å². The molecule has 0 unspecified atom stereocenters. The van der Waals surface area contributed by atoms with Crippen LogP contribution in [0.1, 0.15) is 33.6 Å². The average Bonchev–Trinajstić information content (AvgIpc) is 2.19. The van der Waals surface area contributed by atoms with Gasteiger partial charge in [0.2, 0.25) is 0 Å². The minimum Gasteiger partial charge on any atom is -0.465 e. The van der Waals surface area contributed by atoms with Gasteiger partial charge >= 0.3 is 5.97 Å². The lowest BCUT2D eigenvalue weighted by Crippen LogP contribution is -2.52. The molecule has 0 aromatic carbocycles. The summed E-state index contributed by atoms with van der Waals surface area (Å²) in [6, 6.07) is 0. The van der Waals surface area contributed by atoms with Gasteiger partial charge in [-0.15, -0.1) is 0 Å². The molecule has 0 amide bonds. The zero-order chi connectivity index (χ0) is 11.5. The van der Waals surface area contributed by atoms with E-state index in [0.717, 1.165) is 11.5 Å². The van der Waals surface area contributed by atoms with Crippen LogP contribution in [0, 0.1) is 5.41 Å². The fourth-order valence-electron chi connectivity index (χ4n) is 1.84. The van der Waals surface area contributed by atoms with Crippen molar-refractivity contribution in [3.63, 3.8) is 0 Å². The Hall–Kier alpha value is -0.220. The zero-order valence-electron chi connectivity index (χ0n) is 9.71. The van der Waals surface area contributed by atoms with E-state index in [-0.39, 0.29) is 5.97 Å². The van der Waals surface area contributed by atoms with E-state index in [1.807, 2.05) is 11.8 Å². The van der Waals surface area contributed by atoms with Crippen molar-refractivity contribution >= 4 is 17.7 Å². The lowest BCUT2D eigenvalue weighted by atomic mass is 9.71. The topological polar surface area (TPSA) is 46.5 Å². The van der Waals surface area contributed by atoms with Gasteiger partial charge in [-0.1, -0.05) is 0 Å². The second-order valence-corrected chi connectivity index (χ2v) is 5.71. The molecule has 1 fully saturated rings. The Labute approximate surface area is 95.6 Å². The predicted molar refractivity (Wildman–Crippen MR) is 61.9 cm³/mol. The molecule has 0 aromatic heterocycles. The first-order valence-electron chi connectivity index (χ1n) is 5.41. The summed E-state index contributed by atoms with van der Waals surface area (Å²) >= 11 is 1.83. The smallest absolute Gasteiger partial charge is 0.314 e. The summed E-state index contributed by atoms with van der Waals surface area (Å²) in [7, 11) is 0. The van der Waals surface area contributed by atoms with E-state index in [2.05, 4.69) is 0 Å². The monoisotopic (exact) mass is 232 g/mol. The van der Waals surface area contributed by atoms with Gasteiger partial charge in [-0.05, 0) is 45.1 Å². The van der Waals surface area contributed by atoms with Gasteiger partial charge in [-0.25, -0.2) is 0 Å². The minimum atomic E-state index is -0.898. The van der Waals surface area contributed by atoms with Crippen molar-refractivity contribution in [2.75, 3.05) is 18.1 Å². The molecule has 1 rings (SSSR count). The highest BCUT2D eigenvalue weighted by atomic mass is 32.2. The lowest BCUT2D eigenvalue weighted by Gasteiger charge is -2.42. The Morgan fingerprint density at radius 1 is 1.47 bits per heavy atom. The molecule has 3 nitrogen and oxygen atoms in total. The van der Waals surface area contributed by atoms with E-state index < -0.39 is 11.0 Å².